The Balaban J connectivity index is 2.01. The van der Waals surface area contributed by atoms with Crippen molar-refractivity contribution in [1.82, 2.24) is 0 Å². The number of hydrogen-bond donors (Lipinski definition) is 0. The van der Waals surface area contributed by atoms with Gasteiger partial charge in [0.15, 0.2) is 0 Å². The van der Waals surface area contributed by atoms with Crippen LogP contribution in [0.4, 0.5) is 4.39 Å². The lowest BCUT2D eigenvalue weighted by atomic mass is 10.2. The fraction of sp³-hybridized carbons (Fsp3) is 0.188. The summed E-state index contributed by atoms with van der Waals surface area (Å²) in [5.41, 5.74) is 1.01. The maximum atomic E-state index is 13.3. The van der Waals surface area contributed by atoms with Crippen LogP contribution in [-0.4, -0.2) is 12.6 Å². The maximum Gasteiger partial charge on any atom is 0.338 e. The van der Waals surface area contributed by atoms with Gasteiger partial charge in [-0.15, -0.1) is 0 Å². The summed E-state index contributed by atoms with van der Waals surface area (Å²) >= 11 is 5.84. The Hall–Kier alpha value is -2.07. The highest BCUT2D eigenvalue weighted by atomic mass is 35.5. The van der Waals surface area contributed by atoms with Crippen LogP contribution in [0.2, 0.25) is 5.02 Å². The van der Waals surface area contributed by atoms with Gasteiger partial charge in [-0.2, -0.15) is 0 Å². The van der Waals surface area contributed by atoms with Crippen LogP contribution in [0.1, 0.15) is 22.8 Å². The van der Waals surface area contributed by atoms with E-state index in [1.54, 1.807) is 43.3 Å². The molecule has 0 saturated heterocycles. The first-order valence-electron chi connectivity index (χ1n) is 6.44. The van der Waals surface area contributed by atoms with Crippen molar-refractivity contribution >= 4 is 17.6 Å². The first-order valence-corrected chi connectivity index (χ1v) is 6.82. The number of hydrogen-bond acceptors (Lipinski definition) is 3. The van der Waals surface area contributed by atoms with E-state index in [9.17, 15) is 9.18 Å². The molecule has 21 heavy (non-hydrogen) atoms. The quantitative estimate of drug-likeness (QED) is 0.775. The molecule has 0 radical (unpaired) electrons. The van der Waals surface area contributed by atoms with Crippen LogP contribution in [0.3, 0.4) is 0 Å². The second-order valence-corrected chi connectivity index (χ2v) is 4.62. The molecule has 0 N–H and O–H groups in total. The van der Waals surface area contributed by atoms with Crippen molar-refractivity contribution in [2.24, 2.45) is 0 Å². The van der Waals surface area contributed by atoms with E-state index in [4.69, 9.17) is 21.1 Å². The number of carbonyl (C=O) groups is 1. The number of esters is 1. The largest absolute Gasteiger partial charge is 0.489 e. The van der Waals surface area contributed by atoms with E-state index in [2.05, 4.69) is 0 Å². The van der Waals surface area contributed by atoms with E-state index in [0.29, 0.717) is 23.5 Å². The molecule has 2 aromatic rings. The van der Waals surface area contributed by atoms with E-state index < -0.39 is 5.82 Å². The highest BCUT2D eigenvalue weighted by Crippen LogP contribution is 2.22. The van der Waals surface area contributed by atoms with Gasteiger partial charge in [0.2, 0.25) is 0 Å². The lowest BCUT2D eigenvalue weighted by molar-refractivity contribution is 0.0526. The third-order valence-electron chi connectivity index (χ3n) is 2.79. The van der Waals surface area contributed by atoms with Gasteiger partial charge < -0.3 is 9.47 Å². The zero-order valence-electron chi connectivity index (χ0n) is 11.4. The number of carbonyl (C=O) groups excluding carboxylic acids is 1. The summed E-state index contributed by atoms with van der Waals surface area (Å²) in [6.07, 6.45) is 0. The van der Waals surface area contributed by atoms with Crippen molar-refractivity contribution in [2.45, 2.75) is 13.5 Å². The summed E-state index contributed by atoms with van der Waals surface area (Å²) < 4.78 is 23.7. The van der Waals surface area contributed by atoms with Crippen LogP contribution >= 0.6 is 11.6 Å². The third-order valence-corrected chi connectivity index (χ3v) is 3.21. The highest BCUT2D eigenvalue weighted by molar-refractivity contribution is 6.31. The summed E-state index contributed by atoms with van der Waals surface area (Å²) in [5, 5.41) is 0.0562. The van der Waals surface area contributed by atoms with Crippen molar-refractivity contribution in [1.29, 1.82) is 0 Å². The summed E-state index contributed by atoms with van der Waals surface area (Å²) in [5.74, 6) is -0.295. The molecule has 2 aromatic carbocycles. The first kappa shape index (κ1) is 15.3. The predicted molar refractivity (Wildman–Crippen MR) is 78.1 cm³/mol. The molecule has 0 aliphatic carbocycles. The zero-order valence-corrected chi connectivity index (χ0v) is 12.2. The molecule has 0 heterocycles. The van der Waals surface area contributed by atoms with Crippen LogP contribution in [0, 0.1) is 5.82 Å². The molecule has 110 valence electrons. The first-order chi connectivity index (χ1) is 10.1. The van der Waals surface area contributed by atoms with Gasteiger partial charge >= 0.3 is 5.97 Å². The van der Waals surface area contributed by atoms with Crippen LogP contribution in [0.5, 0.6) is 5.75 Å². The van der Waals surface area contributed by atoms with Gasteiger partial charge in [0, 0.05) is 5.56 Å². The van der Waals surface area contributed by atoms with Gasteiger partial charge in [-0.05, 0) is 37.3 Å². The van der Waals surface area contributed by atoms with Crippen molar-refractivity contribution < 1.29 is 18.7 Å². The Kier molecular flexibility index (Phi) is 5.17. The van der Waals surface area contributed by atoms with Crippen molar-refractivity contribution in [3.63, 3.8) is 0 Å². The molecule has 0 saturated carbocycles. The molecule has 0 atom stereocenters. The lowest BCUT2D eigenvalue weighted by Crippen LogP contribution is -2.04. The molecule has 3 nitrogen and oxygen atoms in total. The van der Waals surface area contributed by atoms with Crippen LogP contribution in [0.15, 0.2) is 42.5 Å². The fourth-order valence-corrected chi connectivity index (χ4v) is 1.90. The average Bonchev–Trinajstić information content (AvgIpc) is 2.49. The third kappa shape index (κ3) is 3.95. The Morgan fingerprint density at radius 1 is 1.19 bits per heavy atom. The number of benzene rings is 2. The molecule has 0 unspecified atom stereocenters. The van der Waals surface area contributed by atoms with E-state index >= 15 is 0 Å². The van der Waals surface area contributed by atoms with E-state index in [1.165, 1.54) is 6.07 Å². The molecule has 5 heteroatoms. The highest BCUT2D eigenvalue weighted by Gasteiger charge is 2.08. The molecule has 0 spiro atoms. The summed E-state index contributed by atoms with van der Waals surface area (Å²) in [7, 11) is 0. The van der Waals surface area contributed by atoms with Crippen molar-refractivity contribution in [2.75, 3.05) is 6.61 Å². The van der Waals surface area contributed by atoms with E-state index in [-0.39, 0.29) is 17.6 Å². The molecular weight excluding hydrogens is 295 g/mol. The van der Waals surface area contributed by atoms with Crippen LogP contribution < -0.4 is 4.74 Å². The number of halogens is 2. The molecule has 0 aliphatic heterocycles. The molecule has 0 amide bonds. The van der Waals surface area contributed by atoms with Gasteiger partial charge in [0.05, 0.1) is 17.2 Å². The van der Waals surface area contributed by atoms with Gasteiger partial charge in [0.25, 0.3) is 0 Å². The SMILES string of the molecule is CCOC(=O)c1ccc(OCc2cccc(F)c2Cl)cc1. The Morgan fingerprint density at radius 3 is 2.57 bits per heavy atom. The van der Waals surface area contributed by atoms with Crippen LogP contribution in [0.25, 0.3) is 0 Å². The molecule has 0 bridgehead atoms. The van der Waals surface area contributed by atoms with Crippen molar-refractivity contribution in [3.05, 3.63) is 64.4 Å². The van der Waals surface area contributed by atoms with Gasteiger partial charge in [-0.1, -0.05) is 23.7 Å². The average molecular weight is 309 g/mol. The Morgan fingerprint density at radius 2 is 1.90 bits per heavy atom. The van der Waals surface area contributed by atoms with Crippen molar-refractivity contribution in [3.8, 4) is 5.75 Å². The van der Waals surface area contributed by atoms with Gasteiger partial charge in [-0.25, -0.2) is 9.18 Å². The molecule has 0 aromatic heterocycles. The Bertz CT molecular complexity index is 626. The summed E-state index contributed by atoms with van der Waals surface area (Å²) in [4.78, 5) is 11.5. The minimum absolute atomic E-state index is 0.0562. The molecule has 0 aliphatic rings. The van der Waals surface area contributed by atoms with Gasteiger partial charge in [-0.3, -0.25) is 0 Å². The summed E-state index contributed by atoms with van der Waals surface area (Å²) in [6, 6.07) is 11.1. The molecule has 0 fully saturated rings. The topological polar surface area (TPSA) is 35.5 Å². The van der Waals surface area contributed by atoms with E-state index in [1.807, 2.05) is 0 Å². The van der Waals surface area contributed by atoms with E-state index in [0.717, 1.165) is 0 Å². The fourth-order valence-electron chi connectivity index (χ4n) is 1.72. The molecular formula is C16H14ClFO3. The minimum atomic E-state index is -0.476. The van der Waals surface area contributed by atoms with Crippen LogP contribution in [-0.2, 0) is 11.3 Å². The minimum Gasteiger partial charge on any atom is -0.489 e. The normalized spacial score (nSPS) is 10.2. The lowest BCUT2D eigenvalue weighted by Gasteiger charge is -2.09. The number of ether oxygens (including phenoxy) is 2. The number of rotatable bonds is 5. The maximum absolute atomic E-state index is 13.3. The molecule has 2 rings (SSSR count). The standard InChI is InChI=1S/C16H14ClFO3/c1-2-20-16(19)11-6-8-13(9-7-11)21-10-12-4-3-5-14(18)15(12)17/h3-9H,2,10H2,1H3. The summed E-state index contributed by atoms with van der Waals surface area (Å²) in [6.45, 7) is 2.22. The second kappa shape index (κ2) is 7.09. The predicted octanol–water partition coefficient (Wildman–Crippen LogP) is 4.23. The zero-order chi connectivity index (χ0) is 15.2. The smallest absolute Gasteiger partial charge is 0.338 e. The Labute approximate surface area is 127 Å². The monoisotopic (exact) mass is 308 g/mol. The second-order valence-electron chi connectivity index (χ2n) is 4.25. The van der Waals surface area contributed by atoms with Gasteiger partial charge in [0.1, 0.15) is 18.2 Å².